The number of hydrogen-bond donors (Lipinski definition) is 3. The van der Waals surface area contributed by atoms with Gasteiger partial charge in [0.25, 0.3) is 5.91 Å². The van der Waals surface area contributed by atoms with E-state index in [2.05, 4.69) is 20.5 Å². The fourth-order valence-electron chi connectivity index (χ4n) is 5.82. The highest BCUT2D eigenvalue weighted by atomic mass is 32.1. The van der Waals surface area contributed by atoms with E-state index in [4.69, 9.17) is 10.5 Å². The van der Waals surface area contributed by atoms with E-state index in [-0.39, 0.29) is 11.8 Å². The number of fused-ring (bicyclic) bond motifs is 2. The zero-order chi connectivity index (χ0) is 30.6. The lowest BCUT2D eigenvalue weighted by molar-refractivity contribution is -0.116. The van der Waals surface area contributed by atoms with Gasteiger partial charge in [0, 0.05) is 64.5 Å². The number of amides is 2. The number of carbonyl (C=O) groups is 2. The molecule has 1 fully saturated rings. The van der Waals surface area contributed by atoms with Gasteiger partial charge in [-0.25, -0.2) is 4.98 Å². The Bertz CT molecular complexity index is 1870. The summed E-state index contributed by atoms with van der Waals surface area (Å²) in [5, 5.41) is 9.84. The first-order valence-corrected chi connectivity index (χ1v) is 15.7. The number of benzene rings is 2. The highest BCUT2D eigenvalue weighted by Gasteiger charge is 2.18. The van der Waals surface area contributed by atoms with Crippen molar-refractivity contribution in [1.82, 2.24) is 19.8 Å². The molecule has 5 aromatic rings. The van der Waals surface area contributed by atoms with Crippen LogP contribution in [0.3, 0.4) is 0 Å². The molecule has 0 bridgehead atoms. The molecular weight excluding hydrogens is 572 g/mol. The van der Waals surface area contributed by atoms with Gasteiger partial charge in [0.2, 0.25) is 5.91 Å². The van der Waals surface area contributed by atoms with Crippen molar-refractivity contribution in [2.45, 2.75) is 19.3 Å². The van der Waals surface area contributed by atoms with Crippen LogP contribution in [0, 0.1) is 0 Å². The number of nitrogen functional groups attached to an aromatic ring is 1. The average molecular weight is 609 g/mol. The Hall–Kier alpha value is -4.67. The lowest BCUT2D eigenvalue weighted by atomic mass is 10.0. The van der Waals surface area contributed by atoms with Crippen molar-refractivity contribution in [3.05, 3.63) is 77.4 Å². The minimum atomic E-state index is -0.226. The summed E-state index contributed by atoms with van der Waals surface area (Å²) >= 11 is 1.54. The first kappa shape index (κ1) is 29.4. The summed E-state index contributed by atoms with van der Waals surface area (Å²) in [6, 6.07) is 15.4. The van der Waals surface area contributed by atoms with E-state index in [1.165, 1.54) is 19.3 Å². The van der Waals surface area contributed by atoms with Crippen LogP contribution < -0.4 is 21.1 Å². The van der Waals surface area contributed by atoms with E-state index < -0.39 is 0 Å². The van der Waals surface area contributed by atoms with E-state index in [0.29, 0.717) is 29.5 Å². The van der Waals surface area contributed by atoms with Gasteiger partial charge in [-0.1, -0.05) is 30.7 Å². The molecule has 6 rings (SSSR count). The van der Waals surface area contributed by atoms with Crippen LogP contribution in [-0.4, -0.2) is 59.6 Å². The summed E-state index contributed by atoms with van der Waals surface area (Å²) in [6.45, 7) is 3.71. The zero-order valence-corrected chi connectivity index (χ0v) is 25.7. The van der Waals surface area contributed by atoms with Crippen LogP contribution in [0.2, 0.25) is 0 Å². The molecule has 1 aliphatic heterocycles. The molecule has 0 saturated carbocycles. The molecule has 44 heavy (non-hydrogen) atoms. The molecule has 1 aliphatic rings. The van der Waals surface area contributed by atoms with Crippen molar-refractivity contribution in [3.63, 3.8) is 0 Å². The van der Waals surface area contributed by atoms with Crippen LogP contribution in [0.15, 0.2) is 66.2 Å². The number of nitrogens with two attached hydrogens (primary N) is 1. The lowest BCUT2D eigenvalue weighted by Gasteiger charge is -2.26. The Balaban J connectivity index is 1.20. The van der Waals surface area contributed by atoms with Gasteiger partial charge in [0.1, 0.15) is 17.3 Å². The number of pyridine rings is 1. The number of rotatable bonds is 9. The van der Waals surface area contributed by atoms with Crippen molar-refractivity contribution in [3.8, 4) is 16.9 Å². The van der Waals surface area contributed by atoms with Gasteiger partial charge < -0.3 is 30.6 Å². The van der Waals surface area contributed by atoms with Gasteiger partial charge in [-0.15, -0.1) is 11.3 Å². The minimum absolute atomic E-state index is 0.130. The number of aryl methyl sites for hydroxylation is 1. The van der Waals surface area contributed by atoms with Crippen LogP contribution in [0.25, 0.3) is 38.2 Å². The number of ether oxygens (including phenoxy) is 1. The molecule has 0 aliphatic carbocycles. The van der Waals surface area contributed by atoms with Crippen LogP contribution in [0.1, 0.15) is 35.3 Å². The predicted octanol–water partition coefficient (Wildman–Crippen LogP) is 5.91. The normalized spacial score (nSPS) is 14.0. The topological polar surface area (TPSA) is 115 Å². The summed E-state index contributed by atoms with van der Waals surface area (Å²) in [7, 11) is 3.46. The molecule has 1 saturated heterocycles. The second-order valence-corrected chi connectivity index (χ2v) is 11.9. The summed E-state index contributed by atoms with van der Waals surface area (Å²) < 4.78 is 8.51. The number of piperidine rings is 1. The third-order valence-electron chi connectivity index (χ3n) is 8.19. The van der Waals surface area contributed by atoms with Crippen LogP contribution >= 0.6 is 11.3 Å². The zero-order valence-electron chi connectivity index (χ0n) is 24.9. The number of hydrogen-bond acceptors (Lipinski definition) is 7. The molecule has 3 aromatic heterocycles. The van der Waals surface area contributed by atoms with Crippen LogP contribution in [0.4, 0.5) is 11.5 Å². The number of methoxy groups -OCH3 is 1. The smallest absolute Gasteiger partial charge is 0.272 e. The van der Waals surface area contributed by atoms with Gasteiger partial charge in [0.05, 0.1) is 12.8 Å². The van der Waals surface area contributed by atoms with Crippen molar-refractivity contribution >= 4 is 61.7 Å². The number of likely N-dealkylation sites (tertiary alicyclic amines) is 1. The Morgan fingerprint density at radius 2 is 1.93 bits per heavy atom. The van der Waals surface area contributed by atoms with Gasteiger partial charge >= 0.3 is 0 Å². The lowest BCUT2D eigenvalue weighted by Crippen LogP contribution is -2.37. The number of nitrogens with one attached hydrogen (secondary N) is 2. The SMILES string of the molecule is COc1cc(-c2csc3c(/C=C/C(=O)NCCN4CCCCC4)cnc(N)c23)ccc1NC(=O)c1cc2ccccc2n1C. The second kappa shape index (κ2) is 12.9. The molecule has 0 atom stereocenters. The molecule has 226 valence electrons. The number of para-hydroxylation sites is 1. The first-order chi connectivity index (χ1) is 21.4. The highest BCUT2D eigenvalue weighted by molar-refractivity contribution is 7.18. The molecule has 0 spiro atoms. The number of aromatic nitrogens is 2. The largest absolute Gasteiger partial charge is 0.495 e. The van der Waals surface area contributed by atoms with Gasteiger partial charge in [-0.3, -0.25) is 9.59 Å². The molecule has 10 heteroatoms. The van der Waals surface area contributed by atoms with E-state index in [0.717, 1.165) is 57.3 Å². The average Bonchev–Trinajstić information content (AvgIpc) is 3.64. The van der Waals surface area contributed by atoms with E-state index in [1.807, 2.05) is 65.5 Å². The third-order valence-corrected chi connectivity index (χ3v) is 9.22. The van der Waals surface area contributed by atoms with Gasteiger partial charge in [-0.05, 0) is 67.2 Å². The fourth-order valence-corrected chi connectivity index (χ4v) is 6.90. The maximum atomic E-state index is 13.2. The number of carbonyl (C=O) groups excluding carboxylic acids is 2. The quantitative estimate of drug-likeness (QED) is 0.179. The molecule has 4 heterocycles. The number of nitrogens with zero attached hydrogens (tertiary/aromatic N) is 3. The second-order valence-electron chi connectivity index (χ2n) is 11.0. The van der Waals surface area contributed by atoms with Crippen molar-refractivity contribution < 1.29 is 14.3 Å². The molecule has 0 radical (unpaired) electrons. The maximum Gasteiger partial charge on any atom is 0.272 e. The molecular formula is C34H36N6O3S. The minimum Gasteiger partial charge on any atom is -0.495 e. The van der Waals surface area contributed by atoms with Crippen LogP contribution in [0.5, 0.6) is 5.75 Å². The summed E-state index contributed by atoms with van der Waals surface area (Å²) in [5.74, 6) is 0.579. The van der Waals surface area contributed by atoms with E-state index >= 15 is 0 Å². The van der Waals surface area contributed by atoms with E-state index in [1.54, 1.807) is 36.8 Å². The molecule has 2 aromatic carbocycles. The summed E-state index contributed by atoms with van der Waals surface area (Å²) in [5.41, 5.74) is 11.1. The van der Waals surface area contributed by atoms with E-state index in [9.17, 15) is 9.59 Å². The fraction of sp³-hybridized carbons (Fsp3) is 0.265. The highest BCUT2D eigenvalue weighted by Crippen LogP contribution is 2.41. The molecule has 2 amide bonds. The molecule has 9 nitrogen and oxygen atoms in total. The Morgan fingerprint density at radius 3 is 2.73 bits per heavy atom. The Morgan fingerprint density at radius 1 is 1.11 bits per heavy atom. The van der Waals surface area contributed by atoms with Gasteiger partial charge in [0.15, 0.2) is 0 Å². The number of thiophene rings is 1. The van der Waals surface area contributed by atoms with Crippen molar-refractivity contribution in [2.24, 2.45) is 7.05 Å². The molecule has 4 N–H and O–H groups in total. The monoisotopic (exact) mass is 608 g/mol. The van der Waals surface area contributed by atoms with Crippen molar-refractivity contribution in [1.29, 1.82) is 0 Å². The summed E-state index contributed by atoms with van der Waals surface area (Å²) in [6.07, 6.45) is 8.80. The van der Waals surface area contributed by atoms with Crippen LogP contribution in [-0.2, 0) is 11.8 Å². The predicted molar refractivity (Wildman–Crippen MR) is 179 cm³/mol. The Kier molecular flexibility index (Phi) is 8.63. The first-order valence-electron chi connectivity index (χ1n) is 14.8. The standard InChI is InChI=1S/C34H36N6O3S/c1-39-27-9-5-4-8-23(27)18-28(39)34(42)38-26-12-10-22(19-29(26)43-2)25-21-44-32-24(20-37-33(35)31(25)32)11-13-30(41)36-14-17-40-15-6-3-7-16-40/h4-5,8-13,18-21H,3,6-7,14-17H2,1-2H3,(H2,35,37)(H,36,41)(H,38,42)/b13-11+. The summed E-state index contributed by atoms with van der Waals surface area (Å²) in [4.78, 5) is 32.6. The van der Waals surface area contributed by atoms with Gasteiger partial charge in [-0.2, -0.15) is 0 Å². The Labute approximate surface area is 260 Å². The maximum absolute atomic E-state index is 13.2. The third kappa shape index (κ3) is 6.04. The molecule has 0 unspecified atom stereocenters. The number of anilines is 2. The van der Waals surface area contributed by atoms with Crippen molar-refractivity contribution in [2.75, 3.05) is 44.3 Å².